The molecular formula is C17H19F3N2O2. The number of benzene rings is 1. The van der Waals surface area contributed by atoms with Crippen molar-refractivity contribution >= 4 is 11.5 Å². The number of likely N-dealkylation sites (tertiary alicyclic amines) is 1. The third-order valence-electron chi connectivity index (χ3n) is 4.56. The second-order valence-electron chi connectivity index (χ2n) is 6.20. The molecule has 2 aliphatic heterocycles. The average molecular weight is 340 g/mol. The van der Waals surface area contributed by atoms with Gasteiger partial charge in [-0.1, -0.05) is 18.2 Å². The van der Waals surface area contributed by atoms with Gasteiger partial charge in [0, 0.05) is 19.6 Å². The Morgan fingerprint density at radius 2 is 1.88 bits per heavy atom. The summed E-state index contributed by atoms with van der Waals surface area (Å²) in [5.41, 5.74) is 2.15. The number of alkyl halides is 3. The molecule has 0 aliphatic carbocycles. The summed E-state index contributed by atoms with van der Waals surface area (Å²) in [7, 11) is 0. The summed E-state index contributed by atoms with van der Waals surface area (Å²) in [6, 6.07) is 6.46. The number of rotatable bonds is 3. The zero-order chi connectivity index (χ0) is 17.3. The topological polar surface area (TPSA) is 43.8 Å². The average Bonchev–Trinajstić information content (AvgIpc) is 2.88. The normalized spacial score (nSPS) is 22.8. The number of halogens is 3. The van der Waals surface area contributed by atoms with E-state index in [0.29, 0.717) is 19.5 Å². The quantitative estimate of drug-likeness (QED) is 0.920. The minimum absolute atomic E-state index is 0.161. The van der Waals surface area contributed by atoms with Crippen LogP contribution in [-0.2, 0) is 4.79 Å². The number of phenols is 1. The fourth-order valence-corrected chi connectivity index (χ4v) is 3.34. The van der Waals surface area contributed by atoms with Gasteiger partial charge in [0.1, 0.15) is 12.3 Å². The number of hydrogen-bond acceptors (Lipinski definition) is 3. The predicted molar refractivity (Wildman–Crippen MR) is 83.3 cm³/mol. The Bertz CT molecular complexity index is 640. The van der Waals surface area contributed by atoms with Gasteiger partial charge in [-0.25, -0.2) is 0 Å². The van der Waals surface area contributed by atoms with Gasteiger partial charge in [-0.2, -0.15) is 13.2 Å². The molecule has 7 heteroatoms. The summed E-state index contributed by atoms with van der Waals surface area (Å²) < 4.78 is 37.4. The number of phenolic OH excluding ortho intramolecular Hbond substituents is 1. The molecule has 3 rings (SSSR count). The molecule has 4 nitrogen and oxygen atoms in total. The molecule has 0 radical (unpaired) electrons. The van der Waals surface area contributed by atoms with Crippen molar-refractivity contribution in [3.05, 3.63) is 35.9 Å². The van der Waals surface area contributed by atoms with Gasteiger partial charge >= 0.3 is 6.18 Å². The van der Waals surface area contributed by atoms with Crippen molar-refractivity contribution in [2.75, 3.05) is 26.2 Å². The molecule has 1 fully saturated rings. The Morgan fingerprint density at radius 3 is 2.46 bits per heavy atom. The second kappa shape index (κ2) is 6.47. The van der Waals surface area contributed by atoms with Gasteiger partial charge in [-0.05, 0) is 36.1 Å². The predicted octanol–water partition coefficient (Wildman–Crippen LogP) is 2.64. The van der Waals surface area contributed by atoms with Crippen LogP contribution >= 0.6 is 0 Å². The van der Waals surface area contributed by atoms with Gasteiger partial charge in [0.15, 0.2) is 0 Å². The molecule has 2 heterocycles. The highest BCUT2D eigenvalue weighted by Gasteiger charge is 2.41. The Kier molecular flexibility index (Phi) is 4.54. The Morgan fingerprint density at radius 1 is 1.17 bits per heavy atom. The molecule has 1 atom stereocenters. The fourth-order valence-electron chi connectivity index (χ4n) is 3.34. The van der Waals surface area contributed by atoms with Gasteiger partial charge in [0.05, 0.1) is 6.04 Å². The lowest BCUT2D eigenvalue weighted by atomic mass is 9.98. The lowest BCUT2D eigenvalue weighted by Gasteiger charge is -2.31. The largest absolute Gasteiger partial charge is 0.508 e. The SMILES string of the molecule is O=C1[C@@H](N2CC=C(c3ccc(O)cc3)CC2)CCN1CC(F)(F)F. The minimum Gasteiger partial charge on any atom is -0.508 e. The van der Waals surface area contributed by atoms with E-state index in [1.807, 2.05) is 23.1 Å². The Hall–Kier alpha value is -2.02. The first kappa shape index (κ1) is 16.8. The van der Waals surface area contributed by atoms with E-state index in [9.17, 15) is 23.1 Å². The maximum absolute atomic E-state index is 12.5. The maximum Gasteiger partial charge on any atom is 0.406 e. The van der Waals surface area contributed by atoms with Crippen LogP contribution < -0.4 is 0 Å². The number of aromatic hydroxyl groups is 1. The number of nitrogens with zero attached hydrogens (tertiary/aromatic N) is 2. The van der Waals surface area contributed by atoms with Crippen molar-refractivity contribution in [3.8, 4) is 5.75 Å². The summed E-state index contributed by atoms with van der Waals surface area (Å²) >= 11 is 0. The van der Waals surface area contributed by atoms with Crippen LogP contribution in [-0.4, -0.2) is 59.2 Å². The van der Waals surface area contributed by atoms with Crippen molar-refractivity contribution in [2.45, 2.75) is 25.1 Å². The first-order valence-corrected chi connectivity index (χ1v) is 7.91. The monoisotopic (exact) mass is 340 g/mol. The molecule has 2 aliphatic rings. The van der Waals surface area contributed by atoms with Crippen molar-refractivity contribution in [1.82, 2.24) is 9.80 Å². The molecule has 1 aromatic carbocycles. The van der Waals surface area contributed by atoms with E-state index >= 15 is 0 Å². The van der Waals surface area contributed by atoms with Crippen LogP contribution in [0, 0.1) is 0 Å². The van der Waals surface area contributed by atoms with Crippen molar-refractivity contribution < 1.29 is 23.1 Å². The van der Waals surface area contributed by atoms with Crippen LogP contribution in [0.3, 0.4) is 0 Å². The molecule has 0 spiro atoms. The van der Waals surface area contributed by atoms with Gasteiger partial charge in [0.2, 0.25) is 5.91 Å². The van der Waals surface area contributed by atoms with E-state index < -0.39 is 24.7 Å². The highest BCUT2D eigenvalue weighted by Crippen LogP contribution is 2.28. The molecule has 1 N–H and O–H groups in total. The van der Waals surface area contributed by atoms with Crippen LogP contribution in [0.25, 0.3) is 5.57 Å². The van der Waals surface area contributed by atoms with Crippen LogP contribution in [0.2, 0.25) is 0 Å². The summed E-state index contributed by atoms with van der Waals surface area (Å²) in [4.78, 5) is 15.1. The smallest absolute Gasteiger partial charge is 0.406 e. The van der Waals surface area contributed by atoms with Crippen molar-refractivity contribution in [3.63, 3.8) is 0 Å². The number of carbonyl (C=O) groups excluding carboxylic acids is 1. The third-order valence-corrected chi connectivity index (χ3v) is 4.56. The molecule has 1 saturated heterocycles. The highest BCUT2D eigenvalue weighted by atomic mass is 19.4. The van der Waals surface area contributed by atoms with Gasteiger partial charge < -0.3 is 10.0 Å². The molecule has 1 aromatic rings. The van der Waals surface area contributed by atoms with E-state index in [4.69, 9.17) is 0 Å². The van der Waals surface area contributed by atoms with E-state index in [1.165, 1.54) is 0 Å². The minimum atomic E-state index is -4.35. The van der Waals surface area contributed by atoms with E-state index in [-0.39, 0.29) is 12.3 Å². The Balaban J connectivity index is 1.62. The van der Waals surface area contributed by atoms with E-state index in [1.54, 1.807) is 12.1 Å². The van der Waals surface area contributed by atoms with Crippen molar-refractivity contribution in [2.24, 2.45) is 0 Å². The summed E-state index contributed by atoms with van der Waals surface area (Å²) in [5.74, 6) is -0.216. The van der Waals surface area contributed by atoms with E-state index in [0.717, 1.165) is 22.5 Å². The van der Waals surface area contributed by atoms with Gasteiger partial charge in [-0.3, -0.25) is 9.69 Å². The molecule has 0 bridgehead atoms. The maximum atomic E-state index is 12.5. The summed E-state index contributed by atoms with van der Waals surface area (Å²) in [6.45, 7) is 0.189. The first-order valence-electron chi connectivity index (χ1n) is 7.91. The lowest BCUT2D eigenvalue weighted by molar-refractivity contribution is -0.159. The van der Waals surface area contributed by atoms with Gasteiger partial charge in [0.25, 0.3) is 0 Å². The lowest BCUT2D eigenvalue weighted by Crippen LogP contribution is -2.45. The molecule has 24 heavy (non-hydrogen) atoms. The summed E-state index contributed by atoms with van der Waals surface area (Å²) in [5, 5.41) is 9.33. The van der Waals surface area contributed by atoms with Crippen LogP contribution in [0.5, 0.6) is 5.75 Å². The zero-order valence-corrected chi connectivity index (χ0v) is 13.1. The Labute approximate surface area is 138 Å². The standard InChI is InChI=1S/C17H19F3N2O2/c18-17(19,20)11-22-10-7-15(16(22)24)21-8-5-13(6-9-21)12-1-3-14(23)4-2-12/h1-5,15,23H,6-11H2/t15-/m0/s1. The number of amides is 1. The molecule has 0 saturated carbocycles. The van der Waals surface area contributed by atoms with E-state index in [2.05, 4.69) is 0 Å². The van der Waals surface area contributed by atoms with Crippen LogP contribution in [0.15, 0.2) is 30.3 Å². The molecule has 0 unspecified atom stereocenters. The third kappa shape index (κ3) is 3.72. The summed E-state index contributed by atoms with van der Waals surface area (Å²) in [6.07, 6.45) is -1.17. The molecule has 0 aromatic heterocycles. The number of carbonyl (C=O) groups is 1. The first-order chi connectivity index (χ1) is 11.3. The number of hydrogen-bond donors (Lipinski definition) is 1. The fraction of sp³-hybridized carbons (Fsp3) is 0.471. The highest BCUT2D eigenvalue weighted by molar-refractivity contribution is 5.84. The van der Waals surface area contributed by atoms with Gasteiger partial charge in [-0.15, -0.1) is 0 Å². The molecule has 130 valence electrons. The second-order valence-corrected chi connectivity index (χ2v) is 6.20. The molecular weight excluding hydrogens is 321 g/mol. The van der Waals surface area contributed by atoms with Crippen molar-refractivity contribution in [1.29, 1.82) is 0 Å². The van der Waals surface area contributed by atoms with Crippen LogP contribution in [0.1, 0.15) is 18.4 Å². The molecule has 1 amide bonds. The van der Waals surface area contributed by atoms with Crippen LogP contribution in [0.4, 0.5) is 13.2 Å². The zero-order valence-electron chi connectivity index (χ0n) is 13.1.